The van der Waals surface area contributed by atoms with E-state index in [0.717, 1.165) is 95.8 Å². The molecule has 588 valence electrons. The Morgan fingerprint density at radius 3 is 0.687 bits per heavy atom. The van der Waals surface area contributed by atoms with Crippen LogP contribution in [0.25, 0.3) is 0 Å². The first kappa shape index (κ1) is 97.1. The van der Waals surface area contributed by atoms with Crippen molar-refractivity contribution in [2.45, 2.75) is 445 Å². The molecule has 0 amide bonds. The second-order valence-corrected chi connectivity index (χ2v) is 32.2. The molecule has 5 atom stereocenters. The van der Waals surface area contributed by atoms with Crippen LogP contribution in [0.1, 0.15) is 426 Å². The van der Waals surface area contributed by atoms with E-state index >= 15 is 0 Å². The lowest BCUT2D eigenvalue weighted by atomic mass is 10.0. The van der Waals surface area contributed by atoms with Crippen LogP contribution in [-0.4, -0.2) is 96.7 Å². The number of esters is 4. The third-order valence-electron chi connectivity index (χ3n) is 18.8. The molecule has 0 aliphatic heterocycles. The van der Waals surface area contributed by atoms with Crippen LogP contribution in [0.3, 0.4) is 0 Å². The van der Waals surface area contributed by atoms with Crippen molar-refractivity contribution in [3.05, 3.63) is 0 Å². The van der Waals surface area contributed by atoms with E-state index in [2.05, 4.69) is 34.6 Å². The number of hydrogen-bond acceptors (Lipinski definition) is 15. The van der Waals surface area contributed by atoms with Crippen LogP contribution in [0.5, 0.6) is 0 Å². The highest BCUT2D eigenvalue weighted by Crippen LogP contribution is 2.45. The molecule has 0 aromatic carbocycles. The maximum atomic E-state index is 13.1. The molecule has 0 fully saturated rings. The number of aliphatic hydroxyl groups is 1. The summed E-state index contributed by atoms with van der Waals surface area (Å²) >= 11 is 0. The average molecular weight is 1450 g/mol. The lowest BCUT2D eigenvalue weighted by molar-refractivity contribution is -0.161. The fourth-order valence-electron chi connectivity index (χ4n) is 12.4. The SMILES string of the molecule is CCCCCCCCCCCCCCCCCCCCCCC(=O)O[C@H](COC(=O)CCCCCCCCCCCCCCCC)COP(=O)(O)OC[C@@H](O)COP(=O)(O)OC[C@@H](COC(=O)CCCCCCCCCCCCCC)OC(=O)CCCCCCCCCCCCC(C)C. The van der Waals surface area contributed by atoms with E-state index < -0.39 is 97.5 Å². The zero-order chi connectivity index (χ0) is 72.7. The van der Waals surface area contributed by atoms with Crippen LogP contribution in [0.4, 0.5) is 0 Å². The third-order valence-corrected chi connectivity index (χ3v) is 20.7. The van der Waals surface area contributed by atoms with Crippen LogP contribution in [0.15, 0.2) is 0 Å². The minimum Gasteiger partial charge on any atom is -0.462 e. The van der Waals surface area contributed by atoms with Gasteiger partial charge in [0.2, 0.25) is 0 Å². The molecule has 0 heterocycles. The van der Waals surface area contributed by atoms with Crippen molar-refractivity contribution < 1.29 is 80.2 Å². The van der Waals surface area contributed by atoms with Gasteiger partial charge in [0.25, 0.3) is 0 Å². The van der Waals surface area contributed by atoms with Gasteiger partial charge in [-0.15, -0.1) is 0 Å². The molecule has 0 saturated carbocycles. The molecule has 0 rings (SSSR count). The Morgan fingerprint density at radius 1 is 0.273 bits per heavy atom. The summed E-state index contributed by atoms with van der Waals surface area (Å²) in [6.07, 6.45) is 63.7. The number of carbonyl (C=O) groups is 4. The first-order valence-electron chi connectivity index (χ1n) is 41.6. The Hall–Kier alpha value is -1.94. The summed E-state index contributed by atoms with van der Waals surface area (Å²) in [4.78, 5) is 73.0. The summed E-state index contributed by atoms with van der Waals surface area (Å²) in [6.45, 7) is 7.32. The lowest BCUT2D eigenvalue weighted by Crippen LogP contribution is -2.30. The predicted octanol–water partition coefficient (Wildman–Crippen LogP) is 24.0. The van der Waals surface area contributed by atoms with E-state index in [1.807, 2.05) is 0 Å². The molecule has 99 heavy (non-hydrogen) atoms. The molecule has 2 unspecified atom stereocenters. The van der Waals surface area contributed by atoms with E-state index in [1.54, 1.807) is 0 Å². The minimum absolute atomic E-state index is 0.107. The lowest BCUT2D eigenvalue weighted by Gasteiger charge is -2.21. The Balaban J connectivity index is 5.23. The summed E-state index contributed by atoms with van der Waals surface area (Å²) in [5.41, 5.74) is 0. The highest BCUT2D eigenvalue weighted by molar-refractivity contribution is 7.47. The second-order valence-electron chi connectivity index (χ2n) is 29.3. The number of phosphoric acid groups is 2. The maximum Gasteiger partial charge on any atom is 0.472 e. The van der Waals surface area contributed by atoms with Gasteiger partial charge in [0, 0.05) is 25.7 Å². The molecule has 0 aromatic rings. The molecule has 3 N–H and O–H groups in total. The van der Waals surface area contributed by atoms with Crippen molar-refractivity contribution in [1.29, 1.82) is 0 Å². The fourth-order valence-corrected chi connectivity index (χ4v) is 14.0. The smallest absolute Gasteiger partial charge is 0.462 e. The summed E-state index contributed by atoms with van der Waals surface area (Å²) < 4.78 is 68.7. The predicted molar refractivity (Wildman–Crippen MR) is 405 cm³/mol. The second kappa shape index (κ2) is 73.0. The topological polar surface area (TPSA) is 237 Å². The molecule has 0 aliphatic carbocycles. The van der Waals surface area contributed by atoms with Crippen LogP contribution in [0, 0.1) is 5.92 Å². The molecule has 0 aromatic heterocycles. The van der Waals surface area contributed by atoms with Crippen molar-refractivity contribution in [3.8, 4) is 0 Å². The Morgan fingerprint density at radius 2 is 0.465 bits per heavy atom. The highest BCUT2D eigenvalue weighted by atomic mass is 31.2. The molecule has 17 nitrogen and oxygen atoms in total. The monoisotopic (exact) mass is 1450 g/mol. The van der Waals surface area contributed by atoms with Crippen LogP contribution >= 0.6 is 15.6 Å². The molecule has 0 radical (unpaired) electrons. The number of carbonyl (C=O) groups excluding carboxylic acids is 4. The molecule has 0 aliphatic rings. The van der Waals surface area contributed by atoms with Gasteiger partial charge in [0.05, 0.1) is 26.4 Å². The van der Waals surface area contributed by atoms with Crippen molar-refractivity contribution in [2.75, 3.05) is 39.6 Å². The van der Waals surface area contributed by atoms with Gasteiger partial charge in [-0.3, -0.25) is 37.3 Å². The van der Waals surface area contributed by atoms with E-state index in [4.69, 9.17) is 37.0 Å². The first-order chi connectivity index (χ1) is 48.0. The Labute approximate surface area is 607 Å². The van der Waals surface area contributed by atoms with Gasteiger partial charge in [-0.2, -0.15) is 0 Å². The number of rotatable bonds is 80. The van der Waals surface area contributed by atoms with Gasteiger partial charge < -0.3 is 33.8 Å². The Bertz CT molecular complexity index is 1890. The average Bonchev–Trinajstić information content (AvgIpc) is 1.03. The van der Waals surface area contributed by atoms with E-state index in [9.17, 15) is 43.2 Å². The number of phosphoric ester groups is 2. The van der Waals surface area contributed by atoms with Gasteiger partial charge in [0.1, 0.15) is 19.3 Å². The molecule has 0 saturated heterocycles. The zero-order valence-corrected chi connectivity index (χ0v) is 66.4. The molecular formula is C80H156O17P2. The maximum absolute atomic E-state index is 13.1. The quantitative estimate of drug-likeness (QED) is 0.0222. The number of hydrogen-bond donors (Lipinski definition) is 3. The van der Waals surface area contributed by atoms with Crippen LogP contribution < -0.4 is 0 Å². The van der Waals surface area contributed by atoms with Gasteiger partial charge in [0.15, 0.2) is 12.2 Å². The number of ether oxygens (including phenoxy) is 4. The van der Waals surface area contributed by atoms with Crippen molar-refractivity contribution in [2.24, 2.45) is 5.92 Å². The molecular weight excluding hydrogens is 1290 g/mol. The Kier molecular flexibility index (Phi) is 71.6. The van der Waals surface area contributed by atoms with Crippen molar-refractivity contribution in [3.63, 3.8) is 0 Å². The standard InChI is InChI=1S/C80H156O17P2/c1-6-9-12-15-18-21-24-27-29-30-31-32-33-34-36-39-45-50-55-60-65-79(84)96-75(69-91-78(83)64-59-54-49-44-38-35-28-25-22-19-16-13-10-7-2)71-94-98(86,87)92-67-74(81)68-93-99(88,89)95-72-76(70-90-77(82)63-58-53-48-43-37-26-23-20-17-14-11-8-3)97-80(85)66-61-56-51-46-41-40-42-47-52-57-62-73(4)5/h73-76,81H,6-72H2,1-5H3,(H,86,87)(H,88,89)/t74-,75-,76-/m1/s1. The highest BCUT2D eigenvalue weighted by Gasteiger charge is 2.30. The van der Waals surface area contributed by atoms with Crippen molar-refractivity contribution in [1.82, 2.24) is 0 Å². The number of unbranched alkanes of at least 4 members (excludes halogenated alkanes) is 52. The zero-order valence-electron chi connectivity index (χ0n) is 64.6. The van der Waals surface area contributed by atoms with E-state index in [0.29, 0.717) is 25.7 Å². The fraction of sp³-hybridized carbons (Fsp3) is 0.950. The summed E-state index contributed by atoms with van der Waals surface area (Å²) in [5, 5.41) is 10.6. The largest absolute Gasteiger partial charge is 0.472 e. The number of aliphatic hydroxyl groups excluding tert-OH is 1. The molecule has 0 bridgehead atoms. The summed E-state index contributed by atoms with van der Waals surface area (Å²) in [5.74, 6) is -1.35. The first-order valence-corrected chi connectivity index (χ1v) is 44.6. The normalized spacial score (nSPS) is 13.9. The minimum atomic E-state index is -4.96. The van der Waals surface area contributed by atoms with Crippen LogP contribution in [-0.2, 0) is 65.4 Å². The summed E-state index contributed by atoms with van der Waals surface area (Å²) in [6, 6.07) is 0. The van der Waals surface area contributed by atoms with Gasteiger partial charge >= 0.3 is 39.5 Å². The van der Waals surface area contributed by atoms with Gasteiger partial charge in [-0.05, 0) is 31.6 Å². The van der Waals surface area contributed by atoms with E-state index in [-0.39, 0.29) is 25.7 Å². The van der Waals surface area contributed by atoms with Gasteiger partial charge in [-0.25, -0.2) is 9.13 Å². The van der Waals surface area contributed by atoms with Crippen LogP contribution in [0.2, 0.25) is 0 Å². The molecule has 0 spiro atoms. The summed E-state index contributed by atoms with van der Waals surface area (Å²) in [7, 11) is -9.92. The van der Waals surface area contributed by atoms with Crippen molar-refractivity contribution >= 4 is 39.5 Å². The molecule has 19 heteroatoms. The van der Waals surface area contributed by atoms with E-state index in [1.165, 1.54) is 250 Å². The van der Waals surface area contributed by atoms with Gasteiger partial charge in [-0.1, -0.05) is 375 Å². The third kappa shape index (κ3) is 74.1.